The lowest BCUT2D eigenvalue weighted by Gasteiger charge is -2.24. The number of methoxy groups -OCH3 is 1. The van der Waals surface area contributed by atoms with Gasteiger partial charge in [0.15, 0.2) is 0 Å². The molecule has 0 bridgehead atoms. The fourth-order valence-electron chi connectivity index (χ4n) is 5.57. The number of aromatic nitrogens is 2. The Labute approximate surface area is 320 Å². The number of hydrogen-bond donors (Lipinski definition) is 7. The number of rotatable bonds is 22. The van der Waals surface area contributed by atoms with E-state index in [1.54, 1.807) is 30.3 Å². The van der Waals surface area contributed by atoms with Crippen LogP contribution in [0.3, 0.4) is 0 Å². The fraction of sp³-hybridized carbons (Fsp3) is 0.545. The third-order valence-corrected chi connectivity index (χ3v) is 9.53. The molecule has 4 amide bonds. The molecule has 0 aliphatic carbocycles. The Morgan fingerprint density at radius 2 is 1.76 bits per heavy atom. The Balaban J connectivity index is 1.64. The van der Waals surface area contributed by atoms with E-state index in [1.165, 1.54) is 32.0 Å². The summed E-state index contributed by atoms with van der Waals surface area (Å²) in [6.45, 7) is 0.803. The van der Waals surface area contributed by atoms with Gasteiger partial charge in [-0.05, 0) is 50.2 Å². The van der Waals surface area contributed by atoms with Crippen molar-refractivity contribution in [2.75, 3.05) is 32.3 Å². The van der Waals surface area contributed by atoms with E-state index in [9.17, 15) is 47.9 Å². The molecule has 0 spiro atoms. The number of carbonyl (C=O) groups is 5. The number of nitrogens with one attached hydrogen (secondary N) is 5. The van der Waals surface area contributed by atoms with Crippen molar-refractivity contribution in [1.29, 1.82) is 0 Å². The van der Waals surface area contributed by atoms with Crippen LogP contribution in [-0.4, -0.2) is 112 Å². The van der Waals surface area contributed by atoms with Crippen LogP contribution in [-0.2, 0) is 48.9 Å². The van der Waals surface area contributed by atoms with Crippen LogP contribution in [0.4, 0.5) is 4.79 Å². The minimum atomic E-state index is -4.94. The molecule has 1 aromatic heterocycles. The minimum Gasteiger partial charge on any atom is -0.467 e. The molecular weight excluding hydrogens is 767 g/mol. The van der Waals surface area contributed by atoms with Gasteiger partial charge in [-0.2, -0.15) is 11.8 Å². The molecule has 7 N–H and O–H groups in total. The zero-order chi connectivity index (χ0) is 40.5. The summed E-state index contributed by atoms with van der Waals surface area (Å²) in [4.78, 5) is 108. The van der Waals surface area contributed by atoms with E-state index < -0.39 is 86.1 Å². The van der Waals surface area contributed by atoms with Crippen molar-refractivity contribution in [1.82, 2.24) is 30.8 Å². The predicted octanol–water partition coefficient (Wildman–Crippen LogP) is -0.240. The molecule has 3 rings (SSSR count). The molecule has 55 heavy (non-hydrogen) atoms. The van der Waals surface area contributed by atoms with Crippen LogP contribution in [0.25, 0.3) is 0 Å². The molecule has 0 radical (unpaired) electrons. The second-order valence-corrected chi connectivity index (χ2v) is 14.7. The van der Waals surface area contributed by atoms with E-state index >= 15 is 0 Å². The van der Waals surface area contributed by atoms with Crippen molar-refractivity contribution in [3.05, 3.63) is 68.5 Å². The summed E-state index contributed by atoms with van der Waals surface area (Å²) in [6, 6.07) is 5.79. The second kappa shape index (κ2) is 22.1. The lowest BCUT2D eigenvalue weighted by Crippen LogP contribution is -2.55. The smallest absolute Gasteiger partial charge is 0.467 e. The Morgan fingerprint density at radius 3 is 2.42 bits per heavy atom. The molecule has 22 heteroatoms. The number of phosphoric ester groups is 1. The van der Waals surface area contributed by atoms with E-state index in [2.05, 4.69) is 30.8 Å². The third-order valence-electron chi connectivity index (χ3n) is 8.41. The van der Waals surface area contributed by atoms with Crippen molar-refractivity contribution in [2.45, 2.75) is 82.0 Å². The highest BCUT2D eigenvalue weighted by atomic mass is 32.2. The van der Waals surface area contributed by atoms with Gasteiger partial charge < -0.3 is 45.3 Å². The fourth-order valence-corrected chi connectivity index (χ4v) is 6.38. The van der Waals surface area contributed by atoms with Crippen molar-refractivity contribution >= 4 is 49.9 Å². The van der Waals surface area contributed by atoms with Crippen LogP contribution in [0.15, 0.2) is 46.1 Å². The standard InChI is InChI=1S/C33H47N6O14PS/c1-20-17-39(32(45)38-28(20)41)27-16-25(26(52-27)18-51-54(47,48)49)53-33(46)34-13-8-7-11-23(36-29(42)22(35-19-40)12-14-55-3)30(43)37-24(31(44)50-2)15-21-9-5-4-6-10-21/h4-6,9-10,17,19,22-27H,7-8,11-16,18H2,1-3H3,(H,34,46)(H,35,40)(H,36,42)(H,37,43)(H,38,41,45)(H2,47,48,49)/t22-,23-,24-,25-,26+,27+/m0/s1. The first-order valence-corrected chi connectivity index (χ1v) is 20.1. The number of amides is 4. The normalized spacial score (nSPS) is 18.3. The van der Waals surface area contributed by atoms with E-state index in [4.69, 9.17) is 14.2 Å². The van der Waals surface area contributed by atoms with Crippen molar-refractivity contribution < 1.29 is 57.1 Å². The number of hydrogen-bond acceptors (Lipinski definition) is 13. The van der Waals surface area contributed by atoms with Gasteiger partial charge in [-0.1, -0.05) is 30.3 Å². The van der Waals surface area contributed by atoms with Crippen LogP contribution in [0.1, 0.15) is 49.5 Å². The lowest BCUT2D eigenvalue weighted by atomic mass is 10.0. The molecule has 20 nitrogen and oxygen atoms in total. The topological polar surface area (TPSA) is 283 Å². The summed E-state index contributed by atoms with van der Waals surface area (Å²) in [6.07, 6.45) is 0.0628. The SMILES string of the molecule is COC(=O)[C@H](Cc1ccccc1)NC(=O)[C@H](CCCCNC(=O)O[C@H]1C[C@H](n2cc(C)c(=O)[nH]c2=O)O[C@@H]1COP(=O)(O)O)NC(=O)[C@H](CCSC)NC=O. The molecule has 1 saturated heterocycles. The van der Waals surface area contributed by atoms with Gasteiger partial charge in [0.25, 0.3) is 5.56 Å². The lowest BCUT2D eigenvalue weighted by molar-refractivity contribution is -0.145. The Hall–Kier alpha value is -4.53. The van der Waals surface area contributed by atoms with Gasteiger partial charge in [-0.25, -0.2) is 18.9 Å². The minimum absolute atomic E-state index is 0.0299. The van der Waals surface area contributed by atoms with Gasteiger partial charge in [-0.3, -0.25) is 33.3 Å². The molecule has 6 atom stereocenters. The number of carbonyl (C=O) groups excluding carboxylic acids is 5. The van der Waals surface area contributed by atoms with Crippen molar-refractivity contribution in [3.8, 4) is 0 Å². The van der Waals surface area contributed by atoms with Gasteiger partial charge in [0.1, 0.15) is 36.6 Å². The van der Waals surface area contributed by atoms with Crippen LogP contribution in [0.2, 0.25) is 0 Å². The predicted molar refractivity (Wildman–Crippen MR) is 197 cm³/mol. The molecule has 1 aliphatic rings. The van der Waals surface area contributed by atoms with Crippen LogP contribution < -0.4 is 32.5 Å². The molecular formula is C33H47N6O14PS. The molecule has 1 aromatic carbocycles. The zero-order valence-corrected chi connectivity index (χ0v) is 32.2. The van der Waals surface area contributed by atoms with E-state index in [1.807, 2.05) is 6.26 Å². The first-order chi connectivity index (χ1) is 26.1. The summed E-state index contributed by atoms with van der Waals surface area (Å²) in [5.41, 5.74) is -0.474. The van der Waals surface area contributed by atoms with Gasteiger partial charge in [-0.15, -0.1) is 0 Å². The number of alkyl carbamates (subject to hydrolysis) is 1. The highest BCUT2D eigenvalue weighted by Crippen LogP contribution is 2.38. The van der Waals surface area contributed by atoms with Gasteiger partial charge in [0.05, 0.1) is 13.7 Å². The molecule has 1 fully saturated rings. The maximum absolute atomic E-state index is 13.6. The van der Waals surface area contributed by atoms with E-state index in [0.29, 0.717) is 18.6 Å². The summed E-state index contributed by atoms with van der Waals surface area (Å²) in [5, 5.41) is 10.3. The number of aryl methyl sites for hydroxylation is 1. The number of aromatic amines is 1. The maximum Gasteiger partial charge on any atom is 0.469 e. The summed E-state index contributed by atoms with van der Waals surface area (Å²) < 4.78 is 33.1. The number of benzene rings is 1. The molecule has 304 valence electrons. The largest absolute Gasteiger partial charge is 0.469 e. The highest BCUT2D eigenvalue weighted by molar-refractivity contribution is 7.98. The number of esters is 1. The van der Waals surface area contributed by atoms with Gasteiger partial charge >= 0.3 is 25.6 Å². The molecule has 0 saturated carbocycles. The Bertz CT molecular complexity index is 1770. The number of thioether (sulfide) groups is 1. The number of phosphoric acid groups is 1. The van der Waals surface area contributed by atoms with Gasteiger partial charge in [0, 0.05) is 31.1 Å². The van der Waals surface area contributed by atoms with E-state index in [0.717, 1.165) is 10.1 Å². The average molecular weight is 815 g/mol. The molecule has 1 aliphatic heterocycles. The van der Waals surface area contributed by atoms with E-state index in [-0.39, 0.29) is 44.2 Å². The second-order valence-electron chi connectivity index (χ2n) is 12.5. The summed E-state index contributed by atoms with van der Waals surface area (Å²) in [7, 11) is -3.75. The third kappa shape index (κ3) is 14.9. The number of ether oxygens (including phenoxy) is 3. The van der Waals surface area contributed by atoms with Crippen LogP contribution in [0, 0.1) is 6.92 Å². The molecule has 2 aromatic rings. The first kappa shape index (κ1) is 44.9. The quantitative estimate of drug-likeness (QED) is 0.0350. The van der Waals surface area contributed by atoms with Crippen LogP contribution in [0.5, 0.6) is 0 Å². The first-order valence-electron chi connectivity index (χ1n) is 17.2. The Morgan fingerprint density at radius 1 is 1.07 bits per heavy atom. The van der Waals surface area contributed by atoms with Crippen molar-refractivity contribution in [2.24, 2.45) is 0 Å². The van der Waals surface area contributed by atoms with Crippen molar-refractivity contribution in [3.63, 3.8) is 0 Å². The number of unbranched alkanes of at least 4 members (excludes halogenated alkanes) is 1. The number of H-pyrrole nitrogens is 1. The number of nitrogens with zero attached hydrogens (tertiary/aromatic N) is 1. The zero-order valence-electron chi connectivity index (χ0n) is 30.5. The van der Waals surface area contributed by atoms with Gasteiger partial charge in [0.2, 0.25) is 18.2 Å². The highest BCUT2D eigenvalue weighted by Gasteiger charge is 2.41. The summed E-state index contributed by atoms with van der Waals surface area (Å²) in [5.74, 6) is -1.41. The monoisotopic (exact) mass is 814 g/mol. The maximum atomic E-state index is 13.6. The average Bonchev–Trinajstić information content (AvgIpc) is 3.54. The molecule has 2 heterocycles. The Kier molecular flexibility index (Phi) is 18.1. The summed E-state index contributed by atoms with van der Waals surface area (Å²) >= 11 is 1.47. The molecule has 0 unspecified atom stereocenters. The van der Waals surface area contributed by atoms with Crippen LogP contribution >= 0.6 is 19.6 Å².